The molecule has 1 aromatic rings. The monoisotopic (exact) mass is 482 g/mol. The molecule has 0 heterocycles. The van der Waals surface area contributed by atoms with Crippen molar-refractivity contribution in [1.82, 2.24) is 0 Å². The summed E-state index contributed by atoms with van der Waals surface area (Å²) in [5.74, 6) is 0.832. The molecule has 0 aliphatic carbocycles. The van der Waals surface area contributed by atoms with Crippen LogP contribution in [0.1, 0.15) is 97.3 Å². The third-order valence-corrected chi connectivity index (χ3v) is 5.54. The fourth-order valence-corrected chi connectivity index (χ4v) is 3.52. The van der Waals surface area contributed by atoms with Gasteiger partial charge in [-0.2, -0.15) is 0 Å². The number of benzene rings is 1. The zero-order valence-corrected chi connectivity index (χ0v) is 23.0. The largest absolute Gasteiger partial charge is 0.494 e. The number of carbonyl (C=O) groups is 1. The Bertz CT molecular complexity index is 874. The highest BCUT2D eigenvalue weighted by Crippen LogP contribution is 2.24. The number of ether oxygens (including phenoxy) is 3. The second-order valence-corrected chi connectivity index (χ2v) is 9.21. The third kappa shape index (κ3) is 14.3. The number of carbonyl (C=O) groups excluding carboxylic acids is 1. The van der Waals surface area contributed by atoms with E-state index in [9.17, 15) is 4.79 Å². The lowest BCUT2D eigenvalue weighted by molar-refractivity contribution is 0.0548. The molecule has 4 heteroatoms. The van der Waals surface area contributed by atoms with Gasteiger partial charge in [0.05, 0.1) is 18.8 Å². The molecule has 0 fully saturated rings. The highest BCUT2D eigenvalue weighted by molar-refractivity contribution is 5.90. The summed E-state index contributed by atoms with van der Waals surface area (Å²) < 4.78 is 16.5. The van der Waals surface area contributed by atoms with Crippen molar-refractivity contribution < 1.29 is 19.0 Å². The van der Waals surface area contributed by atoms with Crippen molar-refractivity contribution in [3.8, 4) is 11.5 Å². The number of hydrogen-bond acceptors (Lipinski definition) is 4. The lowest BCUT2D eigenvalue weighted by Crippen LogP contribution is -2.07. The van der Waals surface area contributed by atoms with E-state index in [1.54, 1.807) is 18.2 Å². The summed E-state index contributed by atoms with van der Waals surface area (Å²) in [6.07, 6.45) is 15.4. The van der Waals surface area contributed by atoms with Crippen molar-refractivity contribution in [2.45, 2.75) is 87.0 Å². The van der Waals surface area contributed by atoms with Gasteiger partial charge < -0.3 is 14.2 Å². The molecule has 0 unspecified atom stereocenters. The number of rotatable bonds is 16. The maximum atomic E-state index is 12.5. The molecule has 0 atom stereocenters. The van der Waals surface area contributed by atoms with Crippen LogP contribution in [-0.4, -0.2) is 25.8 Å². The molecule has 0 saturated carbocycles. The lowest BCUT2D eigenvalue weighted by atomic mass is 10.0. The van der Waals surface area contributed by atoms with Gasteiger partial charge in [0.1, 0.15) is 18.1 Å². The molecule has 0 aliphatic rings. The van der Waals surface area contributed by atoms with Crippen LogP contribution in [0.4, 0.5) is 0 Å². The smallest absolute Gasteiger partial charge is 0.338 e. The van der Waals surface area contributed by atoms with Gasteiger partial charge in [0.2, 0.25) is 0 Å². The summed E-state index contributed by atoms with van der Waals surface area (Å²) in [6.45, 7) is 15.9. The van der Waals surface area contributed by atoms with Crippen LogP contribution in [-0.2, 0) is 4.74 Å². The zero-order chi connectivity index (χ0) is 26.1. The molecule has 35 heavy (non-hydrogen) atoms. The maximum absolute atomic E-state index is 12.5. The summed E-state index contributed by atoms with van der Waals surface area (Å²) in [6, 6.07) is 5.17. The Hall–Kier alpha value is -2.75. The molecule has 194 valence electrons. The summed E-state index contributed by atoms with van der Waals surface area (Å²) in [5.41, 5.74) is 5.95. The predicted molar refractivity (Wildman–Crippen MR) is 147 cm³/mol. The average Bonchev–Trinajstić information content (AvgIpc) is 2.79. The second-order valence-electron chi connectivity index (χ2n) is 9.21. The van der Waals surface area contributed by atoms with Crippen molar-refractivity contribution in [1.29, 1.82) is 0 Å². The fraction of sp³-hybridized carbons (Fsp3) is 0.516. The molecule has 1 aromatic carbocycles. The Morgan fingerprint density at radius 3 is 1.60 bits per heavy atom. The number of hydrogen-bond donors (Lipinski definition) is 0. The highest BCUT2D eigenvalue weighted by Gasteiger charge is 2.11. The Labute approximate surface area is 213 Å². The highest BCUT2D eigenvalue weighted by atomic mass is 16.5. The number of esters is 1. The third-order valence-electron chi connectivity index (χ3n) is 5.54. The first-order chi connectivity index (χ1) is 16.7. The molecule has 0 N–H and O–H groups in total. The van der Waals surface area contributed by atoms with E-state index in [0.717, 1.165) is 38.5 Å². The molecule has 0 aliphatic heterocycles. The quantitative estimate of drug-likeness (QED) is 0.174. The van der Waals surface area contributed by atoms with Crippen LogP contribution in [0.2, 0.25) is 0 Å². The van der Waals surface area contributed by atoms with E-state index in [0.29, 0.717) is 30.3 Å². The van der Waals surface area contributed by atoms with Crippen molar-refractivity contribution >= 4 is 5.97 Å². The normalized spacial score (nSPS) is 12.4. The van der Waals surface area contributed by atoms with E-state index < -0.39 is 0 Å². The van der Waals surface area contributed by atoms with E-state index in [4.69, 9.17) is 14.2 Å². The van der Waals surface area contributed by atoms with Crippen molar-refractivity contribution in [2.24, 2.45) is 0 Å². The molecular weight excluding hydrogens is 436 g/mol. The molecule has 0 spiro atoms. The van der Waals surface area contributed by atoms with Gasteiger partial charge in [-0.05, 0) is 105 Å². The minimum absolute atomic E-state index is 0.257. The standard InChI is InChI=1S/C31H46O4/c1-8-33-29-21-28(22-30(23-29)34-9-2)31(32)35-20-19-27(7)18-12-17-26(6)16-11-15-25(5)14-10-13-24(3)4/h13,15,17,19,21-23H,8-12,14,16,18,20H2,1-7H3/b25-15+,26-17+,27-19+. The summed E-state index contributed by atoms with van der Waals surface area (Å²) in [7, 11) is 0. The first kappa shape index (κ1) is 30.3. The molecule has 0 aromatic heterocycles. The summed E-state index contributed by atoms with van der Waals surface area (Å²) >= 11 is 0. The Morgan fingerprint density at radius 1 is 0.686 bits per heavy atom. The van der Waals surface area contributed by atoms with Crippen LogP contribution < -0.4 is 9.47 Å². The van der Waals surface area contributed by atoms with E-state index in [1.807, 2.05) is 19.9 Å². The van der Waals surface area contributed by atoms with Crippen LogP contribution in [0.25, 0.3) is 0 Å². The lowest BCUT2D eigenvalue weighted by Gasteiger charge is -2.10. The van der Waals surface area contributed by atoms with Gasteiger partial charge in [-0.25, -0.2) is 4.79 Å². The van der Waals surface area contributed by atoms with E-state index in [2.05, 4.69) is 52.8 Å². The van der Waals surface area contributed by atoms with Gasteiger partial charge in [0.15, 0.2) is 0 Å². The van der Waals surface area contributed by atoms with Crippen LogP contribution in [0, 0.1) is 0 Å². The topological polar surface area (TPSA) is 44.8 Å². The van der Waals surface area contributed by atoms with E-state index in [-0.39, 0.29) is 12.6 Å². The number of allylic oxidation sites excluding steroid dienone is 7. The van der Waals surface area contributed by atoms with Crippen molar-refractivity contribution in [2.75, 3.05) is 19.8 Å². The second kappa shape index (κ2) is 17.7. The molecule has 0 radical (unpaired) electrons. The molecular formula is C31H46O4. The molecule has 0 bridgehead atoms. The first-order valence-corrected chi connectivity index (χ1v) is 12.9. The maximum Gasteiger partial charge on any atom is 0.338 e. The van der Waals surface area contributed by atoms with Crippen molar-refractivity contribution in [3.05, 3.63) is 70.4 Å². The van der Waals surface area contributed by atoms with Crippen molar-refractivity contribution in [3.63, 3.8) is 0 Å². The first-order valence-electron chi connectivity index (χ1n) is 12.9. The SMILES string of the molecule is CCOc1cc(OCC)cc(C(=O)OC/C=C(\C)CC/C=C(\C)CC/C=C(\C)CCC=C(C)C)c1. The van der Waals surface area contributed by atoms with Gasteiger partial charge in [-0.15, -0.1) is 0 Å². The minimum atomic E-state index is -0.378. The molecule has 1 rings (SSSR count). The van der Waals surface area contributed by atoms with Crippen LogP contribution in [0.15, 0.2) is 64.8 Å². The Morgan fingerprint density at radius 2 is 1.14 bits per heavy atom. The van der Waals surface area contributed by atoms with Gasteiger partial charge >= 0.3 is 5.97 Å². The Balaban J connectivity index is 2.44. The molecule has 0 saturated heterocycles. The van der Waals surface area contributed by atoms with E-state index >= 15 is 0 Å². The van der Waals surface area contributed by atoms with Gasteiger partial charge in [0, 0.05) is 6.07 Å². The fourth-order valence-electron chi connectivity index (χ4n) is 3.52. The van der Waals surface area contributed by atoms with Crippen LogP contribution >= 0.6 is 0 Å². The van der Waals surface area contributed by atoms with Gasteiger partial charge in [-0.1, -0.05) is 40.5 Å². The molecule has 0 amide bonds. The summed E-state index contributed by atoms with van der Waals surface area (Å²) in [4.78, 5) is 12.5. The Kier molecular flexibility index (Phi) is 15.3. The van der Waals surface area contributed by atoms with E-state index in [1.165, 1.54) is 22.3 Å². The van der Waals surface area contributed by atoms with Gasteiger partial charge in [-0.3, -0.25) is 0 Å². The average molecular weight is 483 g/mol. The predicted octanol–water partition coefficient (Wildman–Crippen LogP) is 8.79. The van der Waals surface area contributed by atoms with Crippen LogP contribution in [0.3, 0.4) is 0 Å². The zero-order valence-electron chi connectivity index (χ0n) is 23.0. The van der Waals surface area contributed by atoms with Crippen LogP contribution in [0.5, 0.6) is 11.5 Å². The minimum Gasteiger partial charge on any atom is -0.494 e. The van der Waals surface area contributed by atoms with Gasteiger partial charge in [0.25, 0.3) is 0 Å². The molecule has 4 nitrogen and oxygen atoms in total. The summed E-state index contributed by atoms with van der Waals surface area (Å²) in [5, 5.41) is 0.